The number of rotatable bonds is 5. The van der Waals surface area contributed by atoms with Crippen LogP contribution in [-0.2, 0) is 6.54 Å². The molecule has 21 heavy (non-hydrogen) atoms. The second kappa shape index (κ2) is 5.79. The number of nitrogens with two attached hydrogens (primary N) is 1. The lowest BCUT2D eigenvalue weighted by Gasteiger charge is -2.09. The molecule has 1 aromatic heterocycles. The van der Waals surface area contributed by atoms with Gasteiger partial charge in [0.1, 0.15) is 18.1 Å². The molecule has 0 amide bonds. The van der Waals surface area contributed by atoms with Gasteiger partial charge < -0.3 is 19.8 Å². The molecule has 4 heteroatoms. The third kappa shape index (κ3) is 2.94. The minimum Gasteiger partial charge on any atom is -0.497 e. The summed E-state index contributed by atoms with van der Waals surface area (Å²) < 4.78 is 13.0. The monoisotopic (exact) mass is 282 g/mol. The number of aromatic nitrogens is 1. The van der Waals surface area contributed by atoms with E-state index >= 15 is 0 Å². The molecule has 3 aromatic rings. The predicted molar refractivity (Wildman–Crippen MR) is 84.8 cm³/mol. The summed E-state index contributed by atoms with van der Waals surface area (Å²) in [5.41, 5.74) is 7.75. The van der Waals surface area contributed by atoms with Crippen LogP contribution in [0.5, 0.6) is 11.5 Å². The third-order valence-corrected chi connectivity index (χ3v) is 3.46. The zero-order chi connectivity index (χ0) is 14.7. The maximum atomic E-state index is 5.84. The van der Waals surface area contributed by atoms with Crippen LogP contribution in [0.1, 0.15) is 0 Å². The van der Waals surface area contributed by atoms with Crippen LogP contribution in [0.15, 0.2) is 54.7 Å². The molecule has 0 unspecified atom stereocenters. The molecule has 0 saturated carbocycles. The van der Waals surface area contributed by atoms with Crippen molar-refractivity contribution in [1.29, 1.82) is 0 Å². The molecule has 1 heterocycles. The Kier molecular flexibility index (Phi) is 3.69. The van der Waals surface area contributed by atoms with Gasteiger partial charge in [0.25, 0.3) is 0 Å². The van der Waals surface area contributed by atoms with Gasteiger partial charge in [0.05, 0.1) is 19.2 Å². The topological polar surface area (TPSA) is 49.4 Å². The standard InChI is InChI=1S/C17H18N2O2/c1-20-15-4-6-16(7-5-15)21-11-10-19-9-8-13-2-3-14(18)12-17(13)19/h2-9,12H,10-11,18H2,1H3. The van der Waals surface area contributed by atoms with E-state index < -0.39 is 0 Å². The molecule has 0 atom stereocenters. The first-order valence-electron chi connectivity index (χ1n) is 6.87. The molecule has 4 nitrogen and oxygen atoms in total. The van der Waals surface area contributed by atoms with Crippen LogP contribution in [0.2, 0.25) is 0 Å². The highest BCUT2D eigenvalue weighted by atomic mass is 16.5. The third-order valence-electron chi connectivity index (χ3n) is 3.46. The van der Waals surface area contributed by atoms with Gasteiger partial charge in [0.15, 0.2) is 0 Å². The van der Waals surface area contributed by atoms with Gasteiger partial charge in [0, 0.05) is 11.9 Å². The molecule has 0 fully saturated rings. The van der Waals surface area contributed by atoms with Crippen molar-refractivity contribution in [2.75, 3.05) is 19.5 Å². The van der Waals surface area contributed by atoms with Crippen molar-refractivity contribution in [3.05, 3.63) is 54.7 Å². The average Bonchev–Trinajstić information content (AvgIpc) is 2.90. The smallest absolute Gasteiger partial charge is 0.119 e. The molecule has 3 rings (SSSR count). The number of nitrogen functional groups attached to an aromatic ring is 1. The molecular weight excluding hydrogens is 264 g/mol. The number of benzene rings is 2. The summed E-state index contributed by atoms with van der Waals surface area (Å²) in [6, 6.07) is 15.6. The van der Waals surface area contributed by atoms with Crippen molar-refractivity contribution in [2.24, 2.45) is 0 Å². The zero-order valence-corrected chi connectivity index (χ0v) is 12.0. The van der Waals surface area contributed by atoms with Crippen LogP contribution >= 0.6 is 0 Å². The van der Waals surface area contributed by atoms with Gasteiger partial charge in [0.2, 0.25) is 0 Å². The van der Waals surface area contributed by atoms with E-state index in [0.29, 0.717) is 6.61 Å². The molecule has 0 spiro atoms. The maximum Gasteiger partial charge on any atom is 0.119 e. The number of ether oxygens (including phenoxy) is 2. The second-order valence-electron chi connectivity index (χ2n) is 4.85. The van der Waals surface area contributed by atoms with Gasteiger partial charge in [-0.25, -0.2) is 0 Å². The highest BCUT2D eigenvalue weighted by molar-refractivity contribution is 5.83. The first-order valence-corrected chi connectivity index (χ1v) is 6.87. The molecule has 0 bridgehead atoms. The van der Waals surface area contributed by atoms with E-state index in [9.17, 15) is 0 Å². The van der Waals surface area contributed by atoms with E-state index in [1.807, 2.05) is 42.5 Å². The van der Waals surface area contributed by atoms with E-state index in [2.05, 4.69) is 16.8 Å². The van der Waals surface area contributed by atoms with Crippen molar-refractivity contribution >= 4 is 16.6 Å². The van der Waals surface area contributed by atoms with Crippen molar-refractivity contribution < 1.29 is 9.47 Å². The summed E-state index contributed by atoms with van der Waals surface area (Å²) in [5, 5.41) is 1.19. The van der Waals surface area contributed by atoms with Gasteiger partial charge in [-0.05, 0) is 47.9 Å². The molecule has 2 N–H and O–H groups in total. The summed E-state index contributed by atoms with van der Waals surface area (Å²) in [7, 11) is 1.65. The quantitative estimate of drug-likeness (QED) is 0.730. The van der Waals surface area contributed by atoms with E-state index in [4.69, 9.17) is 15.2 Å². The van der Waals surface area contributed by atoms with E-state index in [0.717, 1.165) is 29.2 Å². The fraction of sp³-hybridized carbons (Fsp3) is 0.176. The number of hydrogen-bond acceptors (Lipinski definition) is 3. The minimum absolute atomic E-state index is 0.602. The van der Waals surface area contributed by atoms with Crippen LogP contribution in [-0.4, -0.2) is 18.3 Å². The van der Waals surface area contributed by atoms with Gasteiger partial charge in [-0.3, -0.25) is 0 Å². The predicted octanol–water partition coefficient (Wildman–Crippen LogP) is 3.31. The zero-order valence-electron chi connectivity index (χ0n) is 12.0. The first kappa shape index (κ1) is 13.4. The molecule has 108 valence electrons. The maximum absolute atomic E-state index is 5.84. The number of anilines is 1. The Bertz CT molecular complexity index is 732. The molecular formula is C17H18N2O2. The molecule has 0 saturated heterocycles. The van der Waals surface area contributed by atoms with Crippen molar-refractivity contribution in [3.8, 4) is 11.5 Å². The normalized spacial score (nSPS) is 10.7. The first-order chi connectivity index (χ1) is 10.3. The van der Waals surface area contributed by atoms with Crippen LogP contribution in [0, 0.1) is 0 Å². The SMILES string of the molecule is COc1ccc(OCCn2ccc3ccc(N)cc32)cc1. The van der Waals surface area contributed by atoms with Crippen LogP contribution in [0.4, 0.5) is 5.69 Å². The Morgan fingerprint density at radius 2 is 1.76 bits per heavy atom. The highest BCUT2D eigenvalue weighted by Crippen LogP contribution is 2.20. The Morgan fingerprint density at radius 1 is 1.00 bits per heavy atom. The van der Waals surface area contributed by atoms with Crippen molar-refractivity contribution in [1.82, 2.24) is 4.57 Å². The molecule has 0 aliphatic carbocycles. The minimum atomic E-state index is 0.602. The lowest BCUT2D eigenvalue weighted by atomic mass is 10.2. The van der Waals surface area contributed by atoms with Crippen LogP contribution in [0.3, 0.4) is 0 Å². The van der Waals surface area contributed by atoms with Gasteiger partial charge in [-0.2, -0.15) is 0 Å². The summed E-state index contributed by atoms with van der Waals surface area (Å²) in [6.45, 7) is 1.38. The van der Waals surface area contributed by atoms with E-state index in [1.165, 1.54) is 5.39 Å². The molecule has 0 radical (unpaired) electrons. The number of nitrogens with zero attached hydrogens (tertiary/aromatic N) is 1. The van der Waals surface area contributed by atoms with Crippen LogP contribution < -0.4 is 15.2 Å². The van der Waals surface area contributed by atoms with Gasteiger partial charge in [-0.15, -0.1) is 0 Å². The number of fused-ring (bicyclic) bond motifs is 1. The molecule has 0 aliphatic rings. The Labute approximate surface area is 123 Å². The number of hydrogen-bond donors (Lipinski definition) is 1. The highest BCUT2D eigenvalue weighted by Gasteiger charge is 2.02. The van der Waals surface area contributed by atoms with E-state index in [1.54, 1.807) is 7.11 Å². The second-order valence-corrected chi connectivity index (χ2v) is 4.85. The molecule has 2 aromatic carbocycles. The Balaban J connectivity index is 1.64. The number of methoxy groups -OCH3 is 1. The van der Waals surface area contributed by atoms with Crippen molar-refractivity contribution in [3.63, 3.8) is 0 Å². The fourth-order valence-electron chi connectivity index (χ4n) is 2.33. The Morgan fingerprint density at radius 3 is 2.52 bits per heavy atom. The van der Waals surface area contributed by atoms with Gasteiger partial charge >= 0.3 is 0 Å². The summed E-state index contributed by atoms with van der Waals surface area (Å²) in [4.78, 5) is 0. The lowest BCUT2D eigenvalue weighted by Crippen LogP contribution is -2.07. The van der Waals surface area contributed by atoms with Crippen molar-refractivity contribution in [2.45, 2.75) is 6.54 Å². The lowest BCUT2D eigenvalue weighted by molar-refractivity contribution is 0.300. The van der Waals surface area contributed by atoms with E-state index in [-0.39, 0.29) is 0 Å². The average molecular weight is 282 g/mol. The van der Waals surface area contributed by atoms with Gasteiger partial charge in [-0.1, -0.05) is 6.07 Å². The fourth-order valence-corrected chi connectivity index (χ4v) is 2.33. The molecule has 0 aliphatic heterocycles. The summed E-state index contributed by atoms with van der Waals surface area (Å²) >= 11 is 0. The van der Waals surface area contributed by atoms with Crippen LogP contribution in [0.25, 0.3) is 10.9 Å². The largest absolute Gasteiger partial charge is 0.497 e. The summed E-state index contributed by atoms with van der Waals surface area (Å²) in [6.07, 6.45) is 2.06. The summed E-state index contributed by atoms with van der Waals surface area (Å²) in [5.74, 6) is 1.67. The Hall–Kier alpha value is -2.62.